The summed E-state index contributed by atoms with van der Waals surface area (Å²) in [5.74, 6) is 1.01. The van der Waals surface area contributed by atoms with Gasteiger partial charge in [0.2, 0.25) is 0 Å². The lowest BCUT2D eigenvalue weighted by Gasteiger charge is -2.39. The van der Waals surface area contributed by atoms with E-state index < -0.39 is 10.2 Å². The zero-order valence-corrected chi connectivity index (χ0v) is 13.8. The van der Waals surface area contributed by atoms with E-state index in [0.717, 1.165) is 32.2 Å². The third-order valence-corrected chi connectivity index (χ3v) is 6.86. The Labute approximate surface area is 128 Å². The van der Waals surface area contributed by atoms with Crippen molar-refractivity contribution in [2.45, 2.75) is 38.6 Å². The molecule has 0 aromatic heterocycles. The van der Waals surface area contributed by atoms with Crippen molar-refractivity contribution in [1.82, 2.24) is 13.9 Å². The lowest BCUT2D eigenvalue weighted by Crippen LogP contribution is -2.53. The Balaban J connectivity index is 0.00000147. The van der Waals surface area contributed by atoms with Crippen LogP contribution in [-0.4, -0.2) is 55.8 Å². The molecule has 3 aliphatic heterocycles. The molecular formula is C13H26ClN3O2S. The highest BCUT2D eigenvalue weighted by atomic mass is 35.5. The Morgan fingerprint density at radius 3 is 2.55 bits per heavy atom. The van der Waals surface area contributed by atoms with Crippen LogP contribution in [-0.2, 0) is 10.2 Å². The number of piperidine rings is 2. The lowest BCUT2D eigenvalue weighted by molar-refractivity contribution is 0.213. The van der Waals surface area contributed by atoms with Crippen LogP contribution in [0.15, 0.2) is 0 Å². The number of hydrogen-bond donors (Lipinski definition) is 1. The van der Waals surface area contributed by atoms with E-state index in [1.165, 1.54) is 0 Å². The number of rotatable bonds is 2. The van der Waals surface area contributed by atoms with Crippen LogP contribution in [0.4, 0.5) is 0 Å². The fourth-order valence-electron chi connectivity index (χ4n) is 3.74. The molecule has 3 aliphatic rings. The quantitative estimate of drug-likeness (QED) is 0.827. The zero-order chi connectivity index (χ0) is 13.5. The largest absolute Gasteiger partial charge is 0.314 e. The summed E-state index contributed by atoms with van der Waals surface area (Å²) in [6.07, 6.45) is 4.24. The Hall–Kier alpha value is 0.120. The summed E-state index contributed by atoms with van der Waals surface area (Å²) in [5.41, 5.74) is 0. The maximum Gasteiger partial charge on any atom is 0.281 e. The van der Waals surface area contributed by atoms with Gasteiger partial charge >= 0.3 is 0 Å². The predicted octanol–water partition coefficient (Wildman–Crippen LogP) is 1.07. The van der Waals surface area contributed by atoms with E-state index in [0.29, 0.717) is 44.1 Å². The van der Waals surface area contributed by atoms with Crippen molar-refractivity contribution < 1.29 is 8.42 Å². The SMILES string of the molecule is CC1CCCN(S(=O)(=O)N2CCC3NCCC3C2)C1.Cl. The third-order valence-electron chi connectivity index (χ3n) is 4.89. The van der Waals surface area contributed by atoms with E-state index in [2.05, 4.69) is 12.2 Å². The van der Waals surface area contributed by atoms with Gasteiger partial charge in [0.1, 0.15) is 0 Å². The second-order valence-corrected chi connectivity index (χ2v) is 8.30. The van der Waals surface area contributed by atoms with Crippen LogP contribution >= 0.6 is 12.4 Å². The highest BCUT2D eigenvalue weighted by molar-refractivity contribution is 7.86. The minimum atomic E-state index is -3.22. The molecule has 3 rings (SSSR count). The van der Waals surface area contributed by atoms with Crippen molar-refractivity contribution in [3.8, 4) is 0 Å². The standard InChI is InChI=1S/C13H25N3O2S.ClH/c1-11-3-2-7-15(9-11)19(17,18)16-8-5-13-12(10-16)4-6-14-13;/h11-14H,2-10H2,1H3;1H. The molecule has 5 nitrogen and oxygen atoms in total. The smallest absolute Gasteiger partial charge is 0.281 e. The zero-order valence-electron chi connectivity index (χ0n) is 12.1. The van der Waals surface area contributed by atoms with Gasteiger partial charge in [-0.05, 0) is 44.1 Å². The molecule has 0 saturated carbocycles. The second kappa shape index (κ2) is 6.48. The minimum absolute atomic E-state index is 0. The summed E-state index contributed by atoms with van der Waals surface area (Å²) in [6, 6.07) is 0.548. The van der Waals surface area contributed by atoms with E-state index >= 15 is 0 Å². The van der Waals surface area contributed by atoms with E-state index in [-0.39, 0.29) is 12.4 Å². The van der Waals surface area contributed by atoms with Crippen molar-refractivity contribution in [3.63, 3.8) is 0 Å². The van der Waals surface area contributed by atoms with Crippen molar-refractivity contribution in [2.75, 3.05) is 32.7 Å². The summed E-state index contributed by atoms with van der Waals surface area (Å²) < 4.78 is 28.9. The number of hydrogen-bond acceptors (Lipinski definition) is 3. The Morgan fingerprint density at radius 1 is 1.05 bits per heavy atom. The molecule has 3 fully saturated rings. The normalized spacial score (nSPS) is 36.4. The molecule has 0 bridgehead atoms. The van der Waals surface area contributed by atoms with Crippen LogP contribution < -0.4 is 5.32 Å². The van der Waals surface area contributed by atoms with Gasteiger partial charge in [-0.25, -0.2) is 0 Å². The summed E-state index contributed by atoms with van der Waals surface area (Å²) in [5, 5.41) is 3.48. The molecule has 3 unspecified atom stereocenters. The second-order valence-electron chi connectivity index (χ2n) is 6.37. The topological polar surface area (TPSA) is 52.7 Å². The molecular weight excluding hydrogens is 298 g/mol. The number of nitrogens with zero attached hydrogens (tertiary/aromatic N) is 2. The highest BCUT2D eigenvalue weighted by Gasteiger charge is 2.40. The molecule has 3 saturated heterocycles. The number of nitrogens with one attached hydrogen (secondary N) is 1. The predicted molar refractivity (Wildman–Crippen MR) is 82.2 cm³/mol. The fourth-order valence-corrected chi connectivity index (χ4v) is 5.59. The van der Waals surface area contributed by atoms with Crippen LogP contribution in [0.3, 0.4) is 0 Å². The Kier molecular flexibility index (Phi) is 5.34. The molecule has 0 aliphatic carbocycles. The van der Waals surface area contributed by atoms with Crippen molar-refractivity contribution >= 4 is 22.6 Å². The Morgan fingerprint density at radius 2 is 1.80 bits per heavy atom. The molecule has 3 atom stereocenters. The maximum atomic E-state index is 12.7. The van der Waals surface area contributed by atoms with Gasteiger partial charge in [0, 0.05) is 32.2 Å². The van der Waals surface area contributed by atoms with Crippen molar-refractivity contribution in [2.24, 2.45) is 11.8 Å². The van der Waals surface area contributed by atoms with Crippen LogP contribution in [0, 0.1) is 11.8 Å². The summed E-state index contributed by atoms with van der Waals surface area (Å²) in [4.78, 5) is 0. The first-order valence-corrected chi connectivity index (χ1v) is 8.95. The van der Waals surface area contributed by atoms with Gasteiger partial charge in [-0.2, -0.15) is 17.0 Å². The van der Waals surface area contributed by atoms with Gasteiger partial charge in [0.05, 0.1) is 0 Å². The molecule has 20 heavy (non-hydrogen) atoms. The molecule has 3 heterocycles. The molecule has 0 spiro atoms. The summed E-state index contributed by atoms with van der Waals surface area (Å²) in [7, 11) is -3.22. The third kappa shape index (κ3) is 3.14. The van der Waals surface area contributed by atoms with Crippen LogP contribution in [0.25, 0.3) is 0 Å². The van der Waals surface area contributed by atoms with Gasteiger partial charge in [-0.3, -0.25) is 0 Å². The van der Waals surface area contributed by atoms with Crippen LogP contribution in [0.2, 0.25) is 0 Å². The fraction of sp³-hybridized carbons (Fsp3) is 1.00. The number of fused-ring (bicyclic) bond motifs is 1. The first kappa shape index (κ1) is 16.5. The molecule has 0 aromatic rings. The van der Waals surface area contributed by atoms with Crippen molar-refractivity contribution in [3.05, 3.63) is 0 Å². The van der Waals surface area contributed by atoms with Gasteiger partial charge in [0.15, 0.2) is 0 Å². The molecule has 1 N–H and O–H groups in total. The van der Waals surface area contributed by atoms with E-state index in [1.54, 1.807) is 8.61 Å². The first-order chi connectivity index (χ1) is 9.07. The molecule has 0 radical (unpaired) electrons. The van der Waals surface area contributed by atoms with Crippen LogP contribution in [0.1, 0.15) is 32.6 Å². The van der Waals surface area contributed by atoms with Gasteiger partial charge in [-0.1, -0.05) is 6.92 Å². The van der Waals surface area contributed by atoms with E-state index in [9.17, 15) is 8.42 Å². The average molecular weight is 324 g/mol. The monoisotopic (exact) mass is 323 g/mol. The lowest BCUT2D eigenvalue weighted by atomic mass is 9.95. The highest BCUT2D eigenvalue weighted by Crippen LogP contribution is 2.28. The van der Waals surface area contributed by atoms with Crippen molar-refractivity contribution in [1.29, 1.82) is 0 Å². The minimum Gasteiger partial charge on any atom is -0.314 e. The van der Waals surface area contributed by atoms with E-state index in [1.807, 2.05) is 0 Å². The molecule has 118 valence electrons. The van der Waals surface area contributed by atoms with Gasteiger partial charge < -0.3 is 5.32 Å². The molecule has 7 heteroatoms. The van der Waals surface area contributed by atoms with Crippen LogP contribution in [0.5, 0.6) is 0 Å². The summed E-state index contributed by atoms with van der Waals surface area (Å²) in [6.45, 7) is 5.99. The average Bonchev–Trinajstić information content (AvgIpc) is 2.85. The van der Waals surface area contributed by atoms with Gasteiger partial charge in [-0.15, -0.1) is 12.4 Å². The molecule has 0 aromatic carbocycles. The summed E-state index contributed by atoms with van der Waals surface area (Å²) >= 11 is 0. The van der Waals surface area contributed by atoms with Gasteiger partial charge in [0.25, 0.3) is 10.2 Å². The Bertz CT molecular complexity index is 431. The first-order valence-electron chi connectivity index (χ1n) is 7.56. The number of halogens is 1. The molecule has 0 amide bonds. The maximum absolute atomic E-state index is 12.7. The van der Waals surface area contributed by atoms with E-state index in [4.69, 9.17) is 0 Å².